The van der Waals surface area contributed by atoms with Gasteiger partial charge in [0.1, 0.15) is 11.5 Å². The zero-order valence-corrected chi connectivity index (χ0v) is 26.2. The van der Waals surface area contributed by atoms with E-state index in [0.29, 0.717) is 0 Å². The van der Waals surface area contributed by atoms with Crippen LogP contribution in [-0.4, -0.2) is 36.2 Å². The molecule has 0 aliphatic rings. The van der Waals surface area contributed by atoms with Crippen LogP contribution in [0.1, 0.15) is 91.5 Å². The van der Waals surface area contributed by atoms with E-state index in [0.717, 1.165) is 52.4 Å². The minimum atomic E-state index is 0.0703. The molecule has 2 nitrogen and oxygen atoms in total. The molecule has 0 radical (unpaired) electrons. The van der Waals surface area contributed by atoms with Crippen LogP contribution in [0, 0.1) is 0 Å². The second-order valence-corrected chi connectivity index (χ2v) is 13.7. The Hall–Kier alpha value is -1.52. The van der Waals surface area contributed by atoms with Crippen molar-refractivity contribution in [1.29, 1.82) is 0 Å². The topological polar surface area (TPSA) is 18.5 Å². The number of rotatable bonds is 18. The number of hydrogen-bond donors (Lipinski definition) is 0. The van der Waals surface area contributed by atoms with Crippen molar-refractivity contribution in [2.45, 2.75) is 91.4 Å². The molecule has 0 aromatic heterocycles. The summed E-state index contributed by atoms with van der Waals surface area (Å²) in [4.78, 5) is 0. The van der Waals surface area contributed by atoms with Gasteiger partial charge < -0.3 is 9.47 Å². The Kier molecular flexibility index (Phi) is 13.5. The van der Waals surface area contributed by atoms with Crippen molar-refractivity contribution in [2.75, 3.05) is 36.2 Å². The van der Waals surface area contributed by atoms with Crippen molar-refractivity contribution in [3.63, 3.8) is 0 Å². The highest BCUT2D eigenvalue weighted by Gasteiger charge is 2.20. The van der Waals surface area contributed by atoms with Gasteiger partial charge in [0.15, 0.2) is 0 Å². The van der Waals surface area contributed by atoms with E-state index in [2.05, 4.69) is 77.1 Å². The number of thioether (sulfide) groups is 2. The third-order valence-corrected chi connectivity index (χ3v) is 9.09. The van der Waals surface area contributed by atoms with E-state index < -0.39 is 0 Å². The summed E-state index contributed by atoms with van der Waals surface area (Å²) in [5.41, 5.74) is 1.39. The summed E-state index contributed by atoms with van der Waals surface area (Å²) < 4.78 is 13.1. The number of hydrogen-bond acceptors (Lipinski definition) is 4. The lowest BCUT2D eigenvalue weighted by Gasteiger charge is -2.22. The third-order valence-electron chi connectivity index (χ3n) is 7.02. The lowest BCUT2D eigenvalue weighted by atomic mass is 9.85. The number of fused-ring (bicyclic) bond motifs is 2. The number of benzene rings is 3. The lowest BCUT2D eigenvalue weighted by Crippen LogP contribution is -2.11. The minimum Gasteiger partial charge on any atom is -0.491 e. The summed E-state index contributed by atoms with van der Waals surface area (Å²) in [6.07, 6.45) is 10.6. The summed E-state index contributed by atoms with van der Waals surface area (Å²) in [7, 11) is 0. The summed E-state index contributed by atoms with van der Waals surface area (Å²) >= 11 is 4.03. The molecule has 0 amide bonds. The summed E-state index contributed by atoms with van der Waals surface area (Å²) in [6, 6.07) is 15.5. The van der Waals surface area contributed by atoms with Crippen LogP contribution in [0.15, 0.2) is 42.5 Å². The fourth-order valence-electron chi connectivity index (χ4n) is 4.75. The van der Waals surface area contributed by atoms with E-state index in [1.165, 1.54) is 73.8 Å². The van der Waals surface area contributed by atoms with Crippen molar-refractivity contribution in [3.8, 4) is 11.5 Å². The average Bonchev–Trinajstić information content (AvgIpc) is 2.91. The molecule has 0 saturated carbocycles. The maximum absolute atomic E-state index is 6.59. The molecule has 3 rings (SSSR count). The Morgan fingerprint density at radius 1 is 0.579 bits per heavy atom. The molecular weight excluding hydrogens is 505 g/mol. The molecule has 210 valence electrons. The van der Waals surface area contributed by atoms with Gasteiger partial charge in [0.05, 0.1) is 13.2 Å². The smallest absolute Gasteiger partial charge is 0.135 e. The van der Waals surface area contributed by atoms with Crippen molar-refractivity contribution in [2.24, 2.45) is 0 Å². The zero-order valence-electron chi connectivity index (χ0n) is 24.6. The molecule has 0 bridgehead atoms. The molecule has 0 unspecified atom stereocenters. The molecule has 4 heteroatoms. The van der Waals surface area contributed by atoms with Gasteiger partial charge in [-0.3, -0.25) is 0 Å². The second-order valence-electron chi connectivity index (χ2n) is 11.3. The highest BCUT2D eigenvalue weighted by molar-refractivity contribution is 7.99. The van der Waals surface area contributed by atoms with Crippen LogP contribution >= 0.6 is 23.5 Å². The Morgan fingerprint density at radius 3 is 1.58 bits per heavy atom. The van der Waals surface area contributed by atoms with Crippen LogP contribution < -0.4 is 9.47 Å². The maximum atomic E-state index is 6.59. The molecule has 0 aliphatic heterocycles. The Labute approximate surface area is 241 Å². The van der Waals surface area contributed by atoms with Crippen LogP contribution in [0.4, 0.5) is 0 Å². The fraction of sp³-hybridized carbons (Fsp3) is 0.588. The summed E-state index contributed by atoms with van der Waals surface area (Å²) in [6.45, 7) is 12.8. The van der Waals surface area contributed by atoms with E-state index in [-0.39, 0.29) is 5.41 Å². The molecule has 0 aliphatic carbocycles. The van der Waals surface area contributed by atoms with Crippen LogP contribution in [-0.2, 0) is 5.41 Å². The van der Waals surface area contributed by atoms with Crippen LogP contribution in [0.5, 0.6) is 11.5 Å². The molecule has 0 heterocycles. The van der Waals surface area contributed by atoms with Gasteiger partial charge >= 0.3 is 0 Å². The first-order chi connectivity index (χ1) is 18.5. The first-order valence-corrected chi connectivity index (χ1v) is 17.2. The summed E-state index contributed by atoms with van der Waals surface area (Å²) in [5, 5.41) is 4.64. The van der Waals surface area contributed by atoms with Gasteiger partial charge in [-0.25, -0.2) is 0 Å². The first-order valence-electron chi connectivity index (χ1n) is 14.9. The molecule has 0 spiro atoms. The second kappa shape index (κ2) is 16.6. The van der Waals surface area contributed by atoms with E-state index in [4.69, 9.17) is 9.47 Å². The molecule has 0 N–H and O–H groups in total. The normalized spacial score (nSPS) is 11.9. The highest BCUT2D eigenvalue weighted by atomic mass is 32.2. The van der Waals surface area contributed by atoms with E-state index in [1.807, 2.05) is 23.5 Å². The van der Waals surface area contributed by atoms with Crippen molar-refractivity contribution in [1.82, 2.24) is 0 Å². The van der Waals surface area contributed by atoms with Gasteiger partial charge in [-0.2, -0.15) is 23.5 Å². The maximum Gasteiger partial charge on any atom is 0.135 e. The molecule has 0 fully saturated rings. The first kappa shape index (κ1) is 31.0. The standard InChI is InChI=1S/C34H50O2S2/c1-6-8-10-14-22-37-24-20-35-32-28-16-12-13-17-29(28)33(36-21-25-38-23-15-11-9-7-2)31-26-27(34(3,4)5)18-19-30(31)32/h12-13,16-19,26H,6-11,14-15,20-25H2,1-5H3. The van der Waals surface area contributed by atoms with Crippen LogP contribution in [0.25, 0.3) is 21.5 Å². The van der Waals surface area contributed by atoms with Gasteiger partial charge in [-0.1, -0.05) is 110 Å². The molecule has 3 aromatic rings. The van der Waals surface area contributed by atoms with Crippen molar-refractivity contribution in [3.05, 3.63) is 48.0 Å². The lowest BCUT2D eigenvalue weighted by molar-refractivity contribution is 0.346. The zero-order chi connectivity index (χ0) is 27.2. The Bertz CT molecular complexity index is 1100. The Morgan fingerprint density at radius 2 is 1.08 bits per heavy atom. The SMILES string of the molecule is CCCCCCSCCOc1c2ccccc2c(OCCSCCCCCC)c2cc(C(C)(C)C)ccc12. The average molecular weight is 555 g/mol. The van der Waals surface area contributed by atoms with Crippen LogP contribution in [0.2, 0.25) is 0 Å². The van der Waals surface area contributed by atoms with E-state index in [1.54, 1.807) is 0 Å². The monoisotopic (exact) mass is 554 g/mol. The van der Waals surface area contributed by atoms with Gasteiger partial charge in [0.25, 0.3) is 0 Å². The van der Waals surface area contributed by atoms with E-state index in [9.17, 15) is 0 Å². The molecule has 3 aromatic carbocycles. The molecule has 38 heavy (non-hydrogen) atoms. The quantitative estimate of drug-likeness (QED) is 0.115. The summed E-state index contributed by atoms with van der Waals surface area (Å²) in [5.74, 6) is 6.50. The predicted molar refractivity (Wildman–Crippen MR) is 174 cm³/mol. The predicted octanol–water partition coefficient (Wildman–Crippen LogP) is 10.7. The fourth-order valence-corrected chi connectivity index (χ4v) is 6.38. The molecule has 0 saturated heterocycles. The van der Waals surface area contributed by atoms with Gasteiger partial charge in [-0.05, 0) is 41.4 Å². The van der Waals surface area contributed by atoms with Crippen molar-refractivity contribution >= 4 is 45.1 Å². The number of ether oxygens (including phenoxy) is 2. The third kappa shape index (κ3) is 9.30. The van der Waals surface area contributed by atoms with Crippen molar-refractivity contribution < 1.29 is 9.47 Å². The van der Waals surface area contributed by atoms with Gasteiger partial charge in [0.2, 0.25) is 0 Å². The van der Waals surface area contributed by atoms with Crippen LogP contribution in [0.3, 0.4) is 0 Å². The highest BCUT2D eigenvalue weighted by Crippen LogP contribution is 2.44. The largest absolute Gasteiger partial charge is 0.491 e. The van der Waals surface area contributed by atoms with Gasteiger partial charge in [-0.15, -0.1) is 0 Å². The minimum absolute atomic E-state index is 0.0703. The van der Waals surface area contributed by atoms with Gasteiger partial charge in [0, 0.05) is 33.1 Å². The molecule has 0 atom stereocenters. The van der Waals surface area contributed by atoms with E-state index >= 15 is 0 Å². The Balaban J connectivity index is 1.81. The molecular formula is C34H50O2S2. The number of unbranched alkanes of at least 4 members (excludes halogenated alkanes) is 6.